The van der Waals surface area contributed by atoms with E-state index in [0.717, 1.165) is 38.3 Å². The van der Waals surface area contributed by atoms with Crippen molar-refractivity contribution in [3.8, 4) is 11.5 Å². The van der Waals surface area contributed by atoms with Gasteiger partial charge in [-0.05, 0) is 29.8 Å². The second-order valence-corrected chi connectivity index (χ2v) is 5.96. The second-order valence-electron chi connectivity index (χ2n) is 5.96. The number of piperazine rings is 1. The van der Waals surface area contributed by atoms with Gasteiger partial charge in [-0.2, -0.15) is 8.78 Å². The number of rotatable bonds is 6. The molecular weight excluding hydrogens is 326 g/mol. The van der Waals surface area contributed by atoms with Crippen molar-refractivity contribution in [2.24, 2.45) is 0 Å². The molecule has 0 aliphatic carbocycles. The number of nitrogens with zero attached hydrogens (tertiary/aromatic N) is 2. The predicted molar refractivity (Wildman–Crippen MR) is 93.6 cm³/mol. The molecule has 1 fully saturated rings. The van der Waals surface area contributed by atoms with Crippen LogP contribution in [-0.2, 0) is 6.54 Å². The summed E-state index contributed by atoms with van der Waals surface area (Å²) in [5.41, 5.74) is 2.27. The Hall–Kier alpha value is -2.34. The van der Waals surface area contributed by atoms with Crippen LogP contribution in [0.2, 0.25) is 0 Å². The lowest BCUT2D eigenvalue weighted by atomic mass is 10.1. The molecule has 0 atom stereocenters. The van der Waals surface area contributed by atoms with E-state index in [4.69, 9.17) is 4.74 Å². The van der Waals surface area contributed by atoms with Gasteiger partial charge >= 0.3 is 6.61 Å². The highest BCUT2D eigenvalue weighted by molar-refractivity contribution is 5.46. The summed E-state index contributed by atoms with van der Waals surface area (Å²) in [6, 6.07) is 15.5. The van der Waals surface area contributed by atoms with Crippen molar-refractivity contribution in [2.45, 2.75) is 13.2 Å². The van der Waals surface area contributed by atoms with Gasteiger partial charge in [-0.3, -0.25) is 4.90 Å². The molecule has 0 bridgehead atoms. The zero-order valence-electron chi connectivity index (χ0n) is 14.2. The summed E-state index contributed by atoms with van der Waals surface area (Å²) < 4.78 is 34.4. The molecule has 0 saturated carbocycles. The molecule has 4 nitrogen and oxygen atoms in total. The molecule has 0 radical (unpaired) electrons. The van der Waals surface area contributed by atoms with Crippen molar-refractivity contribution in [3.05, 3.63) is 54.1 Å². The number of hydrogen-bond donors (Lipinski definition) is 0. The maximum Gasteiger partial charge on any atom is 0.387 e. The Labute approximate surface area is 146 Å². The number of benzene rings is 2. The Morgan fingerprint density at radius 2 is 1.68 bits per heavy atom. The van der Waals surface area contributed by atoms with Gasteiger partial charge < -0.3 is 14.4 Å². The standard InChI is InChI=1S/C19H22F2N2O2/c1-24-18-13-15(7-8-17(18)25-19(20)21)14-22-9-11-23(12-10-22)16-5-3-2-4-6-16/h2-8,13,19H,9-12,14H2,1H3. The Balaban J connectivity index is 1.58. The van der Waals surface area contributed by atoms with Crippen LogP contribution in [0.25, 0.3) is 0 Å². The van der Waals surface area contributed by atoms with Gasteiger partial charge in [0.05, 0.1) is 7.11 Å². The highest BCUT2D eigenvalue weighted by Gasteiger charge is 2.18. The van der Waals surface area contributed by atoms with Crippen LogP contribution in [0.3, 0.4) is 0 Å². The molecule has 2 aromatic carbocycles. The lowest BCUT2D eigenvalue weighted by Gasteiger charge is -2.36. The van der Waals surface area contributed by atoms with E-state index in [-0.39, 0.29) is 5.75 Å². The number of halogens is 2. The van der Waals surface area contributed by atoms with E-state index in [2.05, 4.69) is 38.8 Å². The number of ether oxygens (including phenoxy) is 2. The number of methoxy groups -OCH3 is 1. The van der Waals surface area contributed by atoms with Crippen LogP contribution in [-0.4, -0.2) is 44.8 Å². The molecule has 1 saturated heterocycles. The van der Waals surface area contributed by atoms with Gasteiger partial charge in [0.25, 0.3) is 0 Å². The van der Waals surface area contributed by atoms with Gasteiger partial charge in [0.15, 0.2) is 11.5 Å². The minimum absolute atomic E-state index is 0.0650. The first-order valence-electron chi connectivity index (χ1n) is 8.30. The van der Waals surface area contributed by atoms with Crippen molar-refractivity contribution < 1.29 is 18.3 Å². The predicted octanol–water partition coefficient (Wildman–Crippen LogP) is 3.62. The van der Waals surface area contributed by atoms with Crippen LogP contribution in [0, 0.1) is 0 Å². The van der Waals surface area contributed by atoms with Gasteiger partial charge in [0.1, 0.15) is 0 Å². The lowest BCUT2D eigenvalue weighted by molar-refractivity contribution is -0.0512. The smallest absolute Gasteiger partial charge is 0.387 e. The number of anilines is 1. The van der Waals surface area contributed by atoms with Gasteiger partial charge in [0, 0.05) is 38.4 Å². The molecule has 0 amide bonds. The molecule has 0 N–H and O–H groups in total. The summed E-state index contributed by atoms with van der Waals surface area (Å²) >= 11 is 0. The molecule has 0 aromatic heterocycles. The van der Waals surface area contributed by atoms with Crippen molar-refractivity contribution in [3.63, 3.8) is 0 Å². The Morgan fingerprint density at radius 3 is 2.32 bits per heavy atom. The molecular formula is C19H22F2N2O2. The largest absolute Gasteiger partial charge is 0.493 e. The zero-order valence-corrected chi connectivity index (χ0v) is 14.2. The van der Waals surface area contributed by atoms with Crippen LogP contribution in [0.15, 0.2) is 48.5 Å². The topological polar surface area (TPSA) is 24.9 Å². The van der Waals surface area contributed by atoms with Crippen molar-refractivity contribution in [1.29, 1.82) is 0 Å². The van der Waals surface area contributed by atoms with Crippen LogP contribution < -0.4 is 14.4 Å². The van der Waals surface area contributed by atoms with E-state index < -0.39 is 6.61 Å². The fourth-order valence-electron chi connectivity index (χ4n) is 3.06. The van der Waals surface area contributed by atoms with Crippen LogP contribution in [0.1, 0.15) is 5.56 Å². The van der Waals surface area contributed by atoms with E-state index in [9.17, 15) is 8.78 Å². The zero-order chi connectivity index (χ0) is 17.6. The first-order valence-corrected chi connectivity index (χ1v) is 8.30. The maximum atomic E-state index is 12.4. The van der Waals surface area contributed by atoms with Gasteiger partial charge in [-0.25, -0.2) is 0 Å². The molecule has 2 aromatic rings. The Bertz CT molecular complexity index is 674. The third-order valence-corrected chi connectivity index (χ3v) is 4.34. The summed E-state index contributed by atoms with van der Waals surface area (Å²) in [4.78, 5) is 4.72. The van der Waals surface area contributed by atoms with Gasteiger partial charge in [-0.1, -0.05) is 24.3 Å². The Morgan fingerprint density at radius 1 is 0.960 bits per heavy atom. The molecule has 25 heavy (non-hydrogen) atoms. The highest BCUT2D eigenvalue weighted by atomic mass is 19.3. The molecule has 3 rings (SSSR count). The highest BCUT2D eigenvalue weighted by Crippen LogP contribution is 2.30. The summed E-state index contributed by atoms with van der Waals surface area (Å²) in [5, 5.41) is 0. The van der Waals surface area contributed by atoms with Crippen LogP contribution in [0.4, 0.5) is 14.5 Å². The quantitative estimate of drug-likeness (QED) is 0.796. The van der Waals surface area contributed by atoms with E-state index in [1.807, 2.05) is 12.1 Å². The molecule has 1 aliphatic rings. The van der Waals surface area contributed by atoms with E-state index in [1.54, 1.807) is 12.1 Å². The van der Waals surface area contributed by atoms with E-state index >= 15 is 0 Å². The number of hydrogen-bond acceptors (Lipinski definition) is 4. The monoisotopic (exact) mass is 348 g/mol. The molecule has 0 unspecified atom stereocenters. The lowest BCUT2D eigenvalue weighted by Crippen LogP contribution is -2.45. The minimum atomic E-state index is -2.86. The second kappa shape index (κ2) is 8.16. The average molecular weight is 348 g/mol. The SMILES string of the molecule is COc1cc(CN2CCN(c3ccccc3)CC2)ccc1OC(F)F. The van der Waals surface area contributed by atoms with Crippen molar-refractivity contribution in [2.75, 3.05) is 38.2 Å². The van der Waals surface area contributed by atoms with Gasteiger partial charge in [-0.15, -0.1) is 0 Å². The summed E-state index contributed by atoms with van der Waals surface area (Å²) in [5.74, 6) is 0.399. The normalized spacial score (nSPS) is 15.4. The molecule has 134 valence electrons. The summed E-state index contributed by atoms with van der Waals surface area (Å²) in [6.45, 7) is 1.74. The first kappa shape index (κ1) is 17.5. The first-order chi connectivity index (χ1) is 12.2. The van der Waals surface area contributed by atoms with E-state index in [0.29, 0.717) is 5.75 Å². The van der Waals surface area contributed by atoms with Crippen molar-refractivity contribution >= 4 is 5.69 Å². The molecule has 1 aliphatic heterocycles. The fraction of sp³-hybridized carbons (Fsp3) is 0.368. The third-order valence-electron chi connectivity index (χ3n) is 4.34. The molecule has 0 spiro atoms. The number of para-hydroxylation sites is 1. The summed E-state index contributed by atoms with van der Waals surface area (Å²) in [7, 11) is 1.45. The minimum Gasteiger partial charge on any atom is -0.493 e. The van der Waals surface area contributed by atoms with E-state index in [1.165, 1.54) is 12.8 Å². The third kappa shape index (κ3) is 4.60. The maximum absolute atomic E-state index is 12.4. The van der Waals surface area contributed by atoms with Crippen LogP contribution >= 0.6 is 0 Å². The molecule has 6 heteroatoms. The summed E-state index contributed by atoms with van der Waals surface area (Å²) in [6.07, 6.45) is 0. The number of alkyl halides is 2. The van der Waals surface area contributed by atoms with Crippen molar-refractivity contribution in [1.82, 2.24) is 4.90 Å². The van der Waals surface area contributed by atoms with Gasteiger partial charge in [0.2, 0.25) is 0 Å². The van der Waals surface area contributed by atoms with Crippen LogP contribution in [0.5, 0.6) is 11.5 Å². The average Bonchev–Trinajstić information content (AvgIpc) is 2.64. The Kier molecular flexibility index (Phi) is 5.71. The molecule has 1 heterocycles. The fourth-order valence-corrected chi connectivity index (χ4v) is 3.06.